The molecule has 0 bridgehead atoms. The molecule has 2 aromatic heterocycles. The standard InChI is InChI=1S/C13H18N2O/c1-8(2)6-10(14)13-7-11-12(16-13)5-4-9(3)15-11/h4-5,7-8,10H,6,14H2,1-3H3/t10-/m1/s1. The van der Waals surface area contributed by atoms with Gasteiger partial charge in [0.15, 0.2) is 5.58 Å². The molecule has 0 spiro atoms. The Morgan fingerprint density at radius 3 is 2.81 bits per heavy atom. The molecule has 0 amide bonds. The van der Waals surface area contributed by atoms with Gasteiger partial charge in [0.05, 0.1) is 6.04 Å². The van der Waals surface area contributed by atoms with Gasteiger partial charge < -0.3 is 10.2 Å². The second-order valence-electron chi connectivity index (χ2n) is 4.72. The molecular weight excluding hydrogens is 200 g/mol. The Hall–Kier alpha value is -1.35. The van der Waals surface area contributed by atoms with Gasteiger partial charge in [0.1, 0.15) is 11.3 Å². The first kappa shape index (κ1) is 11.1. The molecule has 0 aliphatic rings. The van der Waals surface area contributed by atoms with Crippen LogP contribution in [-0.4, -0.2) is 4.98 Å². The first-order valence-corrected chi connectivity index (χ1v) is 5.69. The third-order valence-electron chi connectivity index (χ3n) is 2.62. The molecule has 0 unspecified atom stereocenters. The van der Waals surface area contributed by atoms with E-state index in [4.69, 9.17) is 10.2 Å². The number of fused-ring (bicyclic) bond motifs is 1. The Morgan fingerprint density at radius 2 is 2.12 bits per heavy atom. The third kappa shape index (κ3) is 2.25. The predicted molar refractivity (Wildman–Crippen MR) is 65.1 cm³/mol. The van der Waals surface area contributed by atoms with E-state index in [9.17, 15) is 0 Å². The molecule has 3 nitrogen and oxygen atoms in total. The van der Waals surface area contributed by atoms with Crippen LogP contribution in [0.1, 0.15) is 37.8 Å². The molecule has 1 atom stereocenters. The molecule has 16 heavy (non-hydrogen) atoms. The predicted octanol–water partition coefficient (Wildman–Crippen LogP) is 3.18. The highest BCUT2D eigenvalue weighted by molar-refractivity contribution is 5.73. The zero-order chi connectivity index (χ0) is 11.7. The molecule has 0 fully saturated rings. The molecule has 0 aliphatic heterocycles. The van der Waals surface area contributed by atoms with Gasteiger partial charge in [-0.25, -0.2) is 4.98 Å². The molecule has 0 radical (unpaired) electrons. The fourth-order valence-electron chi connectivity index (χ4n) is 1.85. The lowest BCUT2D eigenvalue weighted by atomic mass is 10.0. The summed E-state index contributed by atoms with van der Waals surface area (Å²) >= 11 is 0. The monoisotopic (exact) mass is 218 g/mol. The van der Waals surface area contributed by atoms with E-state index >= 15 is 0 Å². The van der Waals surface area contributed by atoms with Crippen molar-refractivity contribution in [1.82, 2.24) is 4.98 Å². The minimum atomic E-state index is -0.0329. The summed E-state index contributed by atoms with van der Waals surface area (Å²) in [5.74, 6) is 1.40. The van der Waals surface area contributed by atoms with Crippen molar-refractivity contribution in [3.8, 4) is 0 Å². The Balaban J connectivity index is 2.32. The fraction of sp³-hybridized carbons (Fsp3) is 0.462. The number of aromatic nitrogens is 1. The Bertz CT molecular complexity index is 488. The van der Waals surface area contributed by atoms with E-state index < -0.39 is 0 Å². The van der Waals surface area contributed by atoms with Crippen molar-refractivity contribution in [3.63, 3.8) is 0 Å². The van der Waals surface area contributed by atoms with E-state index in [2.05, 4.69) is 18.8 Å². The van der Waals surface area contributed by atoms with Gasteiger partial charge in [0.25, 0.3) is 0 Å². The number of nitrogens with zero attached hydrogens (tertiary/aromatic N) is 1. The first-order valence-electron chi connectivity index (χ1n) is 5.69. The van der Waals surface area contributed by atoms with E-state index in [-0.39, 0.29) is 6.04 Å². The first-order chi connectivity index (χ1) is 7.56. The summed E-state index contributed by atoms with van der Waals surface area (Å²) in [4.78, 5) is 4.41. The largest absolute Gasteiger partial charge is 0.458 e. The maximum absolute atomic E-state index is 6.08. The van der Waals surface area contributed by atoms with Crippen molar-refractivity contribution in [2.24, 2.45) is 11.7 Å². The van der Waals surface area contributed by atoms with Gasteiger partial charge in [-0.05, 0) is 31.4 Å². The van der Waals surface area contributed by atoms with Crippen molar-refractivity contribution in [2.75, 3.05) is 0 Å². The number of pyridine rings is 1. The molecule has 3 heteroatoms. The highest BCUT2D eigenvalue weighted by atomic mass is 16.3. The van der Waals surface area contributed by atoms with Gasteiger partial charge in [0.2, 0.25) is 0 Å². The Kier molecular flexibility index (Phi) is 2.97. The Labute approximate surface area is 95.7 Å². The molecule has 0 aliphatic carbocycles. The van der Waals surface area contributed by atoms with Crippen LogP contribution in [0.15, 0.2) is 22.6 Å². The van der Waals surface area contributed by atoms with Crippen LogP contribution in [0.3, 0.4) is 0 Å². The van der Waals surface area contributed by atoms with Crippen LogP contribution in [0.2, 0.25) is 0 Å². The van der Waals surface area contributed by atoms with Crippen LogP contribution >= 0.6 is 0 Å². The lowest BCUT2D eigenvalue weighted by Gasteiger charge is -2.10. The zero-order valence-electron chi connectivity index (χ0n) is 10.0. The van der Waals surface area contributed by atoms with Gasteiger partial charge in [-0.15, -0.1) is 0 Å². The molecule has 86 valence electrons. The van der Waals surface area contributed by atoms with Crippen molar-refractivity contribution < 1.29 is 4.42 Å². The maximum atomic E-state index is 6.08. The van der Waals surface area contributed by atoms with Gasteiger partial charge in [-0.3, -0.25) is 0 Å². The molecular formula is C13H18N2O. The normalized spacial score (nSPS) is 13.6. The second-order valence-corrected chi connectivity index (χ2v) is 4.72. The fourth-order valence-corrected chi connectivity index (χ4v) is 1.85. The smallest absolute Gasteiger partial charge is 0.152 e. The molecule has 0 saturated carbocycles. The average Bonchev–Trinajstić information content (AvgIpc) is 2.59. The molecule has 2 aromatic rings. The number of nitrogens with two attached hydrogens (primary N) is 1. The number of hydrogen-bond acceptors (Lipinski definition) is 3. The summed E-state index contributed by atoms with van der Waals surface area (Å²) in [6, 6.07) is 5.82. The Morgan fingerprint density at radius 1 is 1.38 bits per heavy atom. The van der Waals surface area contributed by atoms with E-state index in [0.29, 0.717) is 5.92 Å². The van der Waals surface area contributed by atoms with Gasteiger partial charge in [-0.1, -0.05) is 13.8 Å². The van der Waals surface area contributed by atoms with Crippen molar-refractivity contribution in [2.45, 2.75) is 33.2 Å². The quantitative estimate of drug-likeness (QED) is 0.860. The van der Waals surface area contributed by atoms with Crippen molar-refractivity contribution >= 4 is 11.1 Å². The highest BCUT2D eigenvalue weighted by Gasteiger charge is 2.14. The molecule has 0 saturated heterocycles. The minimum Gasteiger partial charge on any atom is -0.458 e. The van der Waals surface area contributed by atoms with Crippen molar-refractivity contribution in [1.29, 1.82) is 0 Å². The lowest BCUT2D eigenvalue weighted by Crippen LogP contribution is -2.11. The summed E-state index contributed by atoms with van der Waals surface area (Å²) < 4.78 is 5.70. The number of hydrogen-bond donors (Lipinski definition) is 1. The third-order valence-corrected chi connectivity index (χ3v) is 2.62. The lowest BCUT2D eigenvalue weighted by molar-refractivity contribution is 0.431. The maximum Gasteiger partial charge on any atom is 0.152 e. The average molecular weight is 218 g/mol. The van der Waals surface area contributed by atoms with Gasteiger partial charge in [0, 0.05) is 11.8 Å². The molecule has 0 aromatic carbocycles. The molecule has 2 N–H and O–H groups in total. The second kappa shape index (κ2) is 4.26. The van der Waals surface area contributed by atoms with Crippen LogP contribution in [0.5, 0.6) is 0 Å². The molecule has 2 heterocycles. The van der Waals surface area contributed by atoms with E-state index in [1.165, 1.54) is 0 Å². The highest BCUT2D eigenvalue weighted by Crippen LogP contribution is 2.25. The van der Waals surface area contributed by atoms with Crippen LogP contribution in [0.4, 0.5) is 0 Å². The summed E-state index contributed by atoms with van der Waals surface area (Å²) in [6.45, 7) is 6.29. The van der Waals surface area contributed by atoms with Crippen LogP contribution < -0.4 is 5.73 Å². The van der Waals surface area contributed by atoms with E-state index in [1.807, 2.05) is 25.1 Å². The van der Waals surface area contributed by atoms with E-state index in [1.54, 1.807) is 0 Å². The summed E-state index contributed by atoms with van der Waals surface area (Å²) in [6.07, 6.45) is 0.929. The summed E-state index contributed by atoms with van der Waals surface area (Å²) in [7, 11) is 0. The van der Waals surface area contributed by atoms with Gasteiger partial charge >= 0.3 is 0 Å². The topological polar surface area (TPSA) is 52.0 Å². The van der Waals surface area contributed by atoms with Crippen molar-refractivity contribution in [3.05, 3.63) is 29.7 Å². The number of aryl methyl sites for hydroxylation is 1. The zero-order valence-corrected chi connectivity index (χ0v) is 10.0. The van der Waals surface area contributed by atoms with Crippen LogP contribution in [0.25, 0.3) is 11.1 Å². The van der Waals surface area contributed by atoms with Crippen LogP contribution in [-0.2, 0) is 0 Å². The van der Waals surface area contributed by atoms with Gasteiger partial charge in [-0.2, -0.15) is 0 Å². The van der Waals surface area contributed by atoms with E-state index in [0.717, 1.165) is 29.0 Å². The SMILES string of the molecule is Cc1ccc2oc([C@H](N)CC(C)C)cc2n1. The number of rotatable bonds is 3. The summed E-state index contributed by atoms with van der Waals surface area (Å²) in [5.41, 5.74) is 8.79. The van der Waals surface area contributed by atoms with Crippen LogP contribution in [0, 0.1) is 12.8 Å². The summed E-state index contributed by atoms with van der Waals surface area (Å²) in [5, 5.41) is 0. The number of furan rings is 1. The molecule has 2 rings (SSSR count). The minimum absolute atomic E-state index is 0.0329.